The van der Waals surface area contributed by atoms with E-state index in [-0.39, 0.29) is 12.2 Å². The van der Waals surface area contributed by atoms with Gasteiger partial charge in [0.1, 0.15) is 5.82 Å². The molecule has 0 saturated carbocycles. The number of carboxylic acid groups (broad SMARTS) is 1. The van der Waals surface area contributed by atoms with E-state index in [0.29, 0.717) is 18.4 Å². The number of aliphatic carboxylic acids is 1. The normalized spacial score (nSPS) is 10.2. The zero-order valence-electron chi connectivity index (χ0n) is 9.53. The van der Waals surface area contributed by atoms with Crippen molar-refractivity contribution in [1.29, 1.82) is 0 Å². The van der Waals surface area contributed by atoms with Crippen LogP contribution in [-0.2, 0) is 11.2 Å². The minimum Gasteiger partial charge on any atom is -0.481 e. The number of carboxylic acids is 1. The fourth-order valence-electron chi connectivity index (χ4n) is 1.63. The first kappa shape index (κ1) is 12.5. The van der Waals surface area contributed by atoms with Crippen LogP contribution in [0.15, 0.2) is 18.2 Å². The van der Waals surface area contributed by atoms with Crippen molar-refractivity contribution in [1.82, 2.24) is 0 Å². The van der Waals surface area contributed by atoms with Crippen LogP contribution >= 0.6 is 0 Å². The van der Waals surface area contributed by atoms with Gasteiger partial charge in [-0.1, -0.05) is 6.07 Å². The van der Waals surface area contributed by atoms with Crippen molar-refractivity contribution in [3.8, 4) is 0 Å². The zero-order valence-corrected chi connectivity index (χ0v) is 9.53. The van der Waals surface area contributed by atoms with E-state index in [0.717, 1.165) is 5.69 Å². The summed E-state index contributed by atoms with van der Waals surface area (Å²) in [5.74, 6) is -1.11. The maximum atomic E-state index is 13.6. The molecule has 0 aliphatic carbocycles. The van der Waals surface area contributed by atoms with Crippen molar-refractivity contribution >= 4 is 11.7 Å². The van der Waals surface area contributed by atoms with E-state index in [1.165, 1.54) is 6.07 Å². The van der Waals surface area contributed by atoms with Crippen LogP contribution in [0.2, 0.25) is 0 Å². The topological polar surface area (TPSA) is 40.5 Å². The number of benzene rings is 1. The zero-order chi connectivity index (χ0) is 12.1. The molecule has 0 unspecified atom stereocenters. The number of hydrogen-bond acceptors (Lipinski definition) is 2. The Labute approximate surface area is 94.5 Å². The van der Waals surface area contributed by atoms with E-state index < -0.39 is 5.97 Å². The van der Waals surface area contributed by atoms with Crippen molar-refractivity contribution in [3.63, 3.8) is 0 Å². The van der Waals surface area contributed by atoms with Crippen molar-refractivity contribution < 1.29 is 14.3 Å². The number of hydrogen-bond donors (Lipinski definition) is 1. The van der Waals surface area contributed by atoms with Gasteiger partial charge in [-0.15, -0.1) is 0 Å². The van der Waals surface area contributed by atoms with Gasteiger partial charge in [0, 0.05) is 31.8 Å². The third kappa shape index (κ3) is 3.22. The Morgan fingerprint density at radius 2 is 2.12 bits per heavy atom. The summed E-state index contributed by atoms with van der Waals surface area (Å²) < 4.78 is 13.6. The third-order valence-electron chi connectivity index (χ3n) is 2.39. The maximum Gasteiger partial charge on any atom is 0.303 e. The predicted octanol–water partition coefficient (Wildman–Crippen LogP) is 2.30. The Kier molecular flexibility index (Phi) is 4.28. The second-order valence-corrected chi connectivity index (χ2v) is 3.88. The summed E-state index contributed by atoms with van der Waals surface area (Å²) in [5, 5.41) is 8.54. The molecule has 88 valence electrons. The lowest BCUT2D eigenvalue weighted by Crippen LogP contribution is -2.12. The highest BCUT2D eigenvalue weighted by Gasteiger charge is 2.10. The van der Waals surface area contributed by atoms with Gasteiger partial charge in [0.15, 0.2) is 0 Å². The summed E-state index contributed by atoms with van der Waals surface area (Å²) >= 11 is 0. The van der Waals surface area contributed by atoms with E-state index in [1.54, 1.807) is 6.07 Å². The van der Waals surface area contributed by atoms with Gasteiger partial charge in [-0.25, -0.2) is 4.39 Å². The summed E-state index contributed by atoms with van der Waals surface area (Å²) in [5.41, 5.74) is 1.40. The minimum atomic E-state index is -0.845. The Bertz CT molecular complexity index is 377. The molecule has 0 atom stereocenters. The van der Waals surface area contributed by atoms with E-state index in [4.69, 9.17) is 5.11 Å². The molecule has 1 rings (SSSR count). The molecule has 1 N–H and O–H groups in total. The quantitative estimate of drug-likeness (QED) is 0.835. The molecule has 0 amide bonds. The van der Waals surface area contributed by atoms with Crippen LogP contribution in [-0.4, -0.2) is 25.2 Å². The minimum absolute atomic E-state index is 0.0706. The van der Waals surface area contributed by atoms with Gasteiger partial charge < -0.3 is 10.0 Å². The van der Waals surface area contributed by atoms with Gasteiger partial charge in [0.2, 0.25) is 0 Å². The van der Waals surface area contributed by atoms with Crippen LogP contribution < -0.4 is 4.90 Å². The fraction of sp³-hybridized carbons (Fsp3) is 0.417. The van der Waals surface area contributed by atoms with Crippen LogP contribution in [0.5, 0.6) is 0 Å². The highest BCUT2D eigenvalue weighted by Crippen LogP contribution is 2.23. The lowest BCUT2D eigenvalue weighted by molar-refractivity contribution is -0.137. The highest BCUT2D eigenvalue weighted by atomic mass is 19.1. The molecule has 16 heavy (non-hydrogen) atoms. The third-order valence-corrected chi connectivity index (χ3v) is 2.39. The molecule has 0 aliphatic heterocycles. The molecule has 3 nitrogen and oxygen atoms in total. The molecule has 0 fully saturated rings. The number of nitrogens with zero attached hydrogens (tertiary/aromatic N) is 1. The first-order valence-corrected chi connectivity index (χ1v) is 5.19. The molecule has 0 bridgehead atoms. The number of carbonyl (C=O) groups is 1. The van der Waals surface area contributed by atoms with Crippen LogP contribution in [0.3, 0.4) is 0 Å². The molecule has 0 aromatic heterocycles. The van der Waals surface area contributed by atoms with Gasteiger partial charge >= 0.3 is 5.97 Å². The molecule has 0 spiro atoms. The van der Waals surface area contributed by atoms with Gasteiger partial charge in [-0.2, -0.15) is 0 Å². The molecule has 1 aromatic carbocycles. The van der Waals surface area contributed by atoms with Crippen LogP contribution in [0.1, 0.15) is 18.4 Å². The monoisotopic (exact) mass is 225 g/mol. The second-order valence-electron chi connectivity index (χ2n) is 3.88. The average molecular weight is 225 g/mol. The van der Waals surface area contributed by atoms with Gasteiger partial charge in [0.05, 0.1) is 0 Å². The molecule has 0 saturated heterocycles. The first-order valence-electron chi connectivity index (χ1n) is 5.19. The standard InChI is InChI=1S/C12H16FNO2/c1-14(2)11-7-4-6-10(13)9(11)5-3-8-12(15)16/h4,6-7H,3,5,8H2,1-2H3,(H,15,16). The smallest absolute Gasteiger partial charge is 0.303 e. The molecule has 0 heterocycles. The molecular formula is C12H16FNO2. The summed E-state index contributed by atoms with van der Waals surface area (Å²) in [6.07, 6.45) is 0.977. The largest absolute Gasteiger partial charge is 0.481 e. The summed E-state index contributed by atoms with van der Waals surface area (Å²) in [6.45, 7) is 0. The Morgan fingerprint density at radius 3 is 2.69 bits per heavy atom. The number of rotatable bonds is 5. The van der Waals surface area contributed by atoms with Gasteiger partial charge in [-0.3, -0.25) is 4.79 Å². The van der Waals surface area contributed by atoms with E-state index in [2.05, 4.69) is 0 Å². The average Bonchev–Trinajstić information content (AvgIpc) is 2.19. The fourth-order valence-corrected chi connectivity index (χ4v) is 1.63. The van der Waals surface area contributed by atoms with Gasteiger partial charge in [-0.05, 0) is 25.0 Å². The van der Waals surface area contributed by atoms with Crippen molar-refractivity contribution in [2.45, 2.75) is 19.3 Å². The predicted molar refractivity (Wildman–Crippen MR) is 61.3 cm³/mol. The maximum absolute atomic E-state index is 13.6. The van der Waals surface area contributed by atoms with E-state index in [9.17, 15) is 9.18 Å². The van der Waals surface area contributed by atoms with E-state index >= 15 is 0 Å². The number of anilines is 1. The van der Waals surface area contributed by atoms with E-state index in [1.807, 2.05) is 25.1 Å². The van der Waals surface area contributed by atoms with Crippen molar-refractivity contribution in [3.05, 3.63) is 29.6 Å². The van der Waals surface area contributed by atoms with Gasteiger partial charge in [0.25, 0.3) is 0 Å². The molecule has 1 aromatic rings. The SMILES string of the molecule is CN(C)c1cccc(F)c1CCCC(=O)O. The lowest BCUT2D eigenvalue weighted by Gasteiger charge is -2.17. The summed E-state index contributed by atoms with van der Waals surface area (Å²) in [4.78, 5) is 12.2. The van der Waals surface area contributed by atoms with Crippen LogP contribution in [0.25, 0.3) is 0 Å². The van der Waals surface area contributed by atoms with Crippen LogP contribution in [0.4, 0.5) is 10.1 Å². The first-order chi connectivity index (χ1) is 7.52. The molecule has 0 aliphatic rings. The Balaban J connectivity index is 2.80. The van der Waals surface area contributed by atoms with Crippen LogP contribution in [0, 0.1) is 5.82 Å². The molecule has 0 radical (unpaired) electrons. The van der Waals surface area contributed by atoms with Crippen molar-refractivity contribution in [2.24, 2.45) is 0 Å². The molecule has 4 heteroatoms. The molecular weight excluding hydrogens is 209 g/mol. The highest BCUT2D eigenvalue weighted by molar-refractivity contribution is 5.66. The summed E-state index contributed by atoms with van der Waals surface area (Å²) in [6, 6.07) is 4.90. The number of halogens is 1. The Morgan fingerprint density at radius 1 is 1.44 bits per heavy atom. The lowest BCUT2D eigenvalue weighted by atomic mass is 10.0. The summed E-state index contributed by atoms with van der Waals surface area (Å²) in [7, 11) is 3.69. The van der Waals surface area contributed by atoms with Crippen molar-refractivity contribution in [2.75, 3.05) is 19.0 Å². The Hall–Kier alpha value is -1.58. The second kappa shape index (κ2) is 5.49.